The van der Waals surface area contributed by atoms with Gasteiger partial charge in [0, 0.05) is 17.9 Å². The van der Waals surface area contributed by atoms with Gasteiger partial charge in [-0.05, 0) is 64.3 Å². The van der Waals surface area contributed by atoms with Crippen LogP contribution in [0.2, 0.25) is 0 Å². The van der Waals surface area contributed by atoms with E-state index >= 15 is 0 Å². The molecule has 0 radical (unpaired) electrons. The summed E-state index contributed by atoms with van der Waals surface area (Å²) in [6.07, 6.45) is 2.59. The van der Waals surface area contributed by atoms with Gasteiger partial charge >= 0.3 is 6.09 Å². The maximum Gasteiger partial charge on any atom is 0.407 e. The van der Waals surface area contributed by atoms with Crippen LogP contribution >= 0.6 is 0 Å². The number of carbonyl (C=O) groups is 2. The van der Waals surface area contributed by atoms with Gasteiger partial charge in [-0.25, -0.2) is 9.18 Å². The number of amides is 2. The van der Waals surface area contributed by atoms with Gasteiger partial charge in [0.2, 0.25) is 0 Å². The molecule has 3 atom stereocenters. The Balaban J connectivity index is 1.82. The van der Waals surface area contributed by atoms with Crippen molar-refractivity contribution >= 4 is 23.5 Å². The van der Waals surface area contributed by atoms with Crippen molar-refractivity contribution in [3.8, 4) is 6.07 Å². The van der Waals surface area contributed by atoms with Crippen molar-refractivity contribution in [1.29, 1.82) is 5.26 Å². The van der Waals surface area contributed by atoms with Gasteiger partial charge in [-0.3, -0.25) is 9.48 Å². The first-order valence-corrected chi connectivity index (χ1v) is 10.4. The molecule has 1 fully saturated rings. The van der Waals surface area contributed by atoms with Gasteiger partial charge in [0.25, 0.3) is 5.91 Å². The predicted octanol–water partition coefficient (Wildman–Crippen LogP) is 3.62. The van der Waals surface area contributed by atoms with Crippen LogP contribution in [0.25, 0.3) is 0 Å². The third-order valence-electron chi connectivity index (χ3n) is 5.15. The van der Waals surface area contributed by atoms with Crippen molar-refractivity contribution in [2.75, 3.05) is 5.32 Å². The lowest BCUT2D eigenvalue weighted by atomic mass is 9.82. The minimum absolute atomic E-state index is 0.147. The number of nitriles is 1. The third kappa shape index (κ3) is 5.75. The standard InChI is InChI=1S/C22H27FN6O3/c1-22(2,3)32-21(31)27-16-7-4-13(11-24)18(10-16)29-12-17(19(25)30)20(28-29)26-15-8-5-14(23)6-9-15/h5-6,8-9,12-13,16,18H,4,7,10H2,1-3H3,(H2,25,30)(H,26,28)(H,27,31)/t13-,16?,18-/m0/s1. The number of nitrogens with zero attached hydrogens (tertiary/aromatic N) is 3. The zero-order valence-electron chi connectivity index (χ0n) is 18.3. The number of carbonyl (C=O) groups excluding carboxylic acids is 2. The molecular formula is C22H27FN6O3. The molecule has 1 aliphatic rings. The van der Waals surface area contributed by atoms with Crippen molar-refractivity contribution < 1.29 is 18.7 Å². The van der Waals surface area contributed by atoms with E-state index in [1.807, 2.05) is 0 Å². The molecule has 0 saturated heterocycles. The second-order valence-electron chi connectivity index (χ2n) is 8.83. The summed E-state index contributed by atoms with van der Waals surface area (Å²) in [5.41, 5.74) is 5.58. The fraction of sp³-hybridized carbons (Fsp3) is 0.455. The number of primary amides is 1. The highest BCUT2D eigenvalue weighted by molar-refractivity contribution is 5.98. The highest BCUT2D eigenvalue weighted by atomic mass is 19.1. The SMILES string of the molecule is CC(C)(C)OC(=O)NC1CC[C@@H](C#N)[C@@H](n2cc(C(N)=O)c(Nc3ccc(F)cc3)n2)C1. The number of alkyl carbamates (subject to hydrolysis) is 1. The molecule has 1 aromatic carbocycles. The Morgan fingerprint density at radius 3 is 2.56 bits per heavy atom. The lowest BCUT2D eigenvalue weighted by molar-refractivity contribution is 0.0478. The van der Waals surface area contributed by atoms with Crippen LogP contribution in [-0.2, 0) is 4.74 Å². The Kier molecular flexibility index (Phi) is 6.67. The molecule has 32 heavy (non-hydrogen) atoms. The van der Waals surface area contributed by atoms with Gasteiger partial charge in [-0.15, -0.1) is 0 Å². The number of benzene rings is 1. The fourth-order valence-electron chi connectivity index (χ4n) is 3.70. The molecule has 2 aromatic rings. The van der Waals surface area contributed by atoms with Crippen LogP contribution in [0, 0.1) is 23.1 Å². The van der Waals surface area contributed by atoms with E-state index in [0.29, 0.717) is 24.9 Å². The van der Waals surface area contributed by atoms with Crippen LogP contribution in [-0.4, -0.2) is 33.4 Å². The number of anilines is 2. The van der Waals surface area contributed by atoms with Crippen molar-refractivity contribution in [3.63, 3.8) is 0 Å². The molecule has 0 aliphatic heterocycles. The first kappa shape index (κ1) is 23.1. The molecule has 4 N–H and O–H groups in total. The molecule has 1 heterocycles. The molecule has 0 bridgehead atoms. The zero-order valence-corrected chi connectivity index (χ0v) is 18.3. The zero-order chi connectivity index (χ0) is 23.5. The lowest BCUT2D eigenvalue weighted by Crippen LogP contribution is -2.43. The van der Waals surface area contributed by atoms with E-state index in [-0.39, 0.29) is 35.2 Å². The summed E-state index contributed by atoms with van der Waals surface area (Å²) in [5.74, 6) is -1.22. The Bertz CT molecular complexity index is 1020. The van der Waals surface area contributed by atoms with E-state index in [0.717, 1.165) is 0 Å². The molecule has 2 amide bonds. The smallest absolute Gasteiger partial charge is 0.407 e. The summed E-state index contributed by atoms with van der Waals surface area (Å²) in [6, 6.07) is 7.29. The monoisotopic (exact) mass is 442 g/mol. The Hall–Kier alpha value is -3.61. The summed E-state index contributed by atoms with van der Waals surface area (Å²) in [6.45, 7) is 5.35. The fourth-order valence-corrected chi connectivity index (χ4v) is 3.70. The third-order valence-corrected chi connectivity index (χ3v) is 5.15. The summed E-state index contributed by atoms with van der Waals surface area (Å²) in [4.78, 5) is 24.2. The highest BCUT2D eigenvalue weighted by Crippen LogP contribution is 2.35. The summed E-state index contributed by atoms with van der Waals surface area (Å²) in [7, 11) is 0. The van der Waals surface area contributed by atoms with Gasteiger partial charge in [0.1, 0.15) is 17.0 Å². The molecular weight excluding hydrogens is 415 g/mol. The molecule has 3 rings (SSSR count). The van der Waals surface area contributed by atoms with Crippen molar-refractivity contribution in [1.82, 2.24) is 15.1 Å². The number of nitrogens with two attached hydrogens (primary N) is 1. The Morgan fingerprint density at radius 1 is 1.28 bits per heavy atom. The molecule has 9 nitrogen and oxygen atoms in total. The number of hydrogen-bond donors (Lipinski definition) is 3. The van der Waals surface area contributed by atoms with E-state index in [4.69, 9.17) is 10.5 Å². The number of halogens is 1. The van der Waals surface area contributed by atoms with Gasteiger partial charge in [0.15, 0.2) is 5.82 Å². The molecule has 10 heteroatoms. The molecule has 1 aliphatic carbocycles. The number of rotatable bonds is 5. The minimum atomic E-state index is -0.686. The quantitative estimate of drug-likeness (QED) is 0.647. The second-order valence-corrected chi connectivity index (χ2v) is 8.83. The molecule has 1 aromatic heterocycles. The van der Waals surface area contributed by atoms with Gasteiger partial charge in [-0.1, -0.05) is 0 Å². The predicted molar refractivity (Wildman–Crippen MR) is 116 cm³/mol. The van der Waals surface area contributed by atoms with Gasteiger partial charge in [-0.2, -0.15) is 10.4 Å². The van der Waals surface area contributed by atoms with Crippen molar-refractivity contribution in [2.24, 2.45) is 11.7 Å². The number of aromatic nitrogens is 2. The number of hydrogen-bond acceptors (Lipinski definition) is 6. The molecule has 0 spiro atoms. The van der Waals surface area contributed by atoms with Crippen LogP contribution in [0.15, 0.2) is 30.5 Å². The normalized spacial score (nSPS) is 20.8. The van der Waals surface area contributed by atoms with Crippen LogP contribution in [0.4, 0.5) is 20.7 Å². The van der Waals surface area contributed by atoms with Crippen molar-refractivity contribution in [2.45, 2.75) is 57.7 Å². The number of nitrogens with one attached hydrogen (secondary N) is 2. The summed E-state index contributed by atoms with van der Waals surface area (Å²) < 4.78 is 20.1. The van der Waals surface area contributed by atoms with Crippen LogP contribution in [0.5, 0.6) is 0 Å². The molecule has 1 saturated carbocycles. The first-order chi connectivity index (χ1) is 15.1. The maximum absolute atomic E-state index is 13.2. The summed E-state index contributed by atoms with van der Waals surface area (Å²) >= 11 is 0. The van der Waals surface area contributed by atoms with E-state index in [1.165, 1.54) is 30.5 Å². The first-order valence-electron chi connectivity index (χ1n) is 10.4. The minimum Gasteiger partial charge on any atom is -0.444 e. The Labute approximate surface area is 185 Å². The lowest BCUT2D eigenvalue weighted by Gasteiger charge is -2.33. The van der Waals surface area contributed by atoms with Crippen LogP contribution < -0.4 is 16.4 Å². The van der Waals surface area contributed by atoms with Crippen LogP contribution in [0.1, 0.15) is 56.4 Å². The number of ether oxygens (including phenoxy) is 1. The average molecular weight is 442 g/mol. The molecule has 1 unspecified atom stereocenters. The van der Waals surface area contributed by atoms with Gasteiger partial charge < -0.3 is 21.1 Å². The van der Waals surface area contributed by atoms with E-state index in [9.17, 15) is 19.2 Å². The van der Waals surface area contributed by atoms with E-state index < -0.39 is 17.6 Å². The molecule has 170 valence electrons. The van der Waals surface area contributed by atoms with Crippen molar-refractivity contribution in [3.05, 3.63) is 41.8 Å². The average Bonchev–Trinajstić information content (AvgIpc) is 3.12. The second kappa shape index (κ2) is 9.26. The highest BCUT2D eigenvalue weighted by Gasteiger charge is 2.34. The van der Waals surface area contributed by atoms with E-state index in [1.54, 1.807) is 25.5 Å². The maximum atomic E-state index is 13.2. The van der Waals surface area contributed by atoms with Crippen LogP contribution in [0.3, 0.4) is 0 Å². The topological polar surface area (TPSA) is 135 Å². The van der Waals surface area contributed by atoms with E-state index in [2.05, 4.69) is 21.8 Å². The summed E-state index contributed by atoms with van der Waals surface area (Å²) in [5, 5.41) is 19.9. The van der Waals surface area contributed by atoms with Gasteiger partial charge in [0.05, 0.1) is 18.0 Å². The Morgan fingerprint density at radius 2 is 1.97 bits per heavy atom. The largest absolute Gasteiger partial charge is 0.444 e.